The van der Waals surface area contributed by atoms with Crippen molar-refractivity contribution in [3.63, 3.8) is 0 Å². The number of rotatable bonds is 11. The smallest absolute Gasteiger partial charge is 0.264 e. The molecule has 1 aliphatic carbocycles. The van der Waals surface area contributed by atoms with Crippen LogP contribution in [0.2, 0.25) is 10.0 Å². The first kappa shape index (κ1) is 32.8. The number of amides is 2. The number of carbonyl (C=O) groups excluding carboxylic acids is 2. The van der Waals surface area contributed by atoms with Crippen molar-refractivity contribution in [3.8, 4) is 0 Å². The normalized spacial score (nSPS) is 14.6. The van der Waals surface area contributed by atoms with Crippen LogP contribution >= 0.6 is 23.2 Å². The standard InChI is InChI=1S/C33H39Cl2N3O4S/c1-4-31(33(40)36-27-11-7-5-8-12-27)37(21-25-15-16-26(34)20-30(25)35)32(39)22-38(28-18-23(2)17-24(3)19-28)43(41,42)29-13-9-6-10-14-29/h6,9-10,13-20,27,31H,4-5,7-8,11-12,21-22H2,1-3H3,(H,36,40)/t31-/m0/s1. The number of nitrogens with one attached hydrogen (secondary N) is 1. The van der Waals surface area contributed by atoms with Gasteiger partial charge in [0.15, 0.2) is 0 Å². The Morgan fingerprint density at radius 3 is 2.19 bits per heavy atom. The van der Waals surface area contributed by atoms with Crippen LogP contribution in [0.1, 0.15) is 62.1 Å². The number of benzene rings is 3. The summed E-state index contributed by atoms with van der Waals surface area (Å²) in [6.07, 6.45) is 5.38. The molecule has 10 heteroatoms. The van der Waals surface area contributed by atoms with Crippen LogP contribution in [0.3, 0.4) is 0 Å². The molecule has 2 amide bonds. The predicted octanol–water partition coefficient (Wildman–Crippen LogP) is 7.06. The Hall–Kier alpha value is -3.07. The van der Waals surface area contributed by atoms with Crippen LogP contribution < -0.4 is 9.62 Å². The molecular formula is C33H39Cl2N3O4S. The average molecular weight is 645 g/mol. The Balaban J connectivity index is 1.74. The Morgan fingerprint density at radius 2 is 1.58 bits per heavy atom. The molecule has 3 aromatic carbocycles. The van der Waals surface area contributed by atoms with Crippen molar-refractivity contribution < 1.29 is 18.0 Å². The molecule has 4 rings (SSSR count). The summed E-state index contributed by atoms with van der Waals surface area (Å²) in [6, 6.07) is 17.7. The molecule has 0 heterocycles. The van der Waals surface area contributed by atoms with Crippen LogP contribution in [0.4, 0.5) is 5.69 Å². The van der Waals surface area contributed by atoms with Crippen molar-refractivity contribution in [2.45, 2.75) is 82.8 Å². The molecule has 0 saturated heterocycles. The van der Waals surface area contributed by atoms with Gasteiger partial charge in [0.1, 0.15) is 12.6 Å². The van der Waals surface area contributed by atoms with Crippen LogP contribution in [0, 0.1) is 13.8 Å². The number of anilines is 1. The molecule has 43 heavy (non-hydrogen) atoms. The predicted molar refractivity (Wildman–Crippen MR) is 173 cm³/mol. The topological polar surface area (TPSA) is 86.8 Å². The minimum Gasteiger partial charge on any atom is -0.352 e. The lowest BCUT2D eigenvalue weighted by Gasteiger charge is -2.34. The fourth-order valence-corrected chi connectivity index (χ4v) is 7.53. The second-order valence-corrected chi connectivity index (χ2v) is 13.9. The highest BCUT2D eigenvalue weighted by atomic mass is 35.5. The van der Waals surface area contributed by atoms with Gasteiger partial charge in [-0.2, -0.15) is 0 Å². The Bertz CT molecular complexity index is 1520. The highest BCUT2D eigenvalue weighted by Crippen LogP contribution is 2.28. The summed E-state index contributed by atoms with van der Waals surface area (Å²) >= 11 is 12.7. The third-order valence-electron chi connectivity index (χ3n) is 7.80. The summed E-state index contributed by atoms with van der Waals surface area (Å²) in [5.74, 6) is -0.771. The fraction of sp³-hybridized carbons (Fsp3) is 0.394. The summed E-state index contributed by atoms with van der Waals surface area (Å²) in [6.45, 7) is 5.11. The van der Waals surface area contributed by atoms with E-state index in [2.05, 4.69) is 5.32 Å². The highest BCUT2D eigenvalue weighted by molar-refractivity contribution is 7.92. The van der Waals surface area contributed by atoms with Gasteiger partial charge in [-0.25, -0.2) is 8.42 Å². The summed E-state index contributed by atoms with van der Waals surface area (Å²) in [4.78, 5) is 29.5. The fourth-order valence-electron chi connectivity index (χ4n) is 5.64. The van der Waals surface area contributed by atoms with E-state index >= 15 is 0 Å². The van der Waals surface area contributed by atoms with Crippen LogP contribution in [-0.2, 0) is 26.2 Å². The molecule has 1 fully saturated rings. The van der Waals surface area contributed by atoms with Gasteiger partial charge in [-0.15, -0.1) is 0 Å². The zero-order valence-electron chi connectivity index (χ0n) is 24.9. The second-order valence-electron chi connectivity index (χ2n) is 11.2. The molecule has 1 aliphatic rings. The van der Waals surface area contributed by atoms with E-state index in [4.69, 9.17) is 23.2 Å². The minimum atomic E-state index is -4.14. The average Bonchev–Trinajstić information content (AvgIpc) is 2.97. The van der Waals surface area contributed by atoms with E-state index in [-0.39, 0.29) is 23.4 Å². The molecule has 3 aromatic rings. The lowest BCUT2D eigenvalue weighted by atomic mass is 9.95. The zero-order chi connectivity index (χ0) is 31.1. The van der Waals surface area contributed by atoms with Gasteiger partial charge in [0, 0.05) is 22.6 Å². The van der Waals surface area contributed by atoms with Gasteiger partial charge >= 0.3 is 0 Å². The number of sulfonamides is 1. The molecule has 230 valence electrons. The molecule has 1 N–H and O–H groups in total. The van der Waals surface area contributed by atoms with Crippen molar-refractivity contribution in [1.82, 2.24) is 10.2 Å². The van der Waals surface area contributed by atoms with Crippen LogP contribution in [0.25, 0.3) is 0 Å². The van der Waals surface area contributed by atoms with E-state index in [9.17, 15) is 18.0 Å². The molecule has 0 aromatic heterocycles. The zero-order valence-corrected chi connectivity index (χ0v) is 27.2. The largest absolute Gasteiger partial charge is 0.352 e. The number of nitrogens with zero attached hydrogens (tertiary/aromatic N) is 2. The van der Waals surface area contributed by atoms with Gasteiger partial charge < -0.3 is 10.2 Å². The second kappa shape index (κ2) is 14.6. The quantitative estimate of drug-likeness (QED) is 0.242. The number of hydrogen-bond acceptors (Lipinski definition) is 4. The van der Waals surface area contributed by atoms with E-state index in [1.165, 1.54) is 17.0 Å². The highest BCUT2D eigenvalue weighted by Gasteiger charge is 2.34. The summed E-state index contributed by atoms with van der Waals surface area (Å²) in [5.41, 5.74) is 2.70. The third kappa shape index (κ3) is 8.31. The number of aryl methyl sites for hydroxylation is 2. The van der Waals surface area contributed by atoms with E-state index < -0.39 is 28.5 Å². The van der Waals surface area contributed by atoms with Gasteiger partial charge in [-0.05, 0) is 86.2 Å². The molecule has 1 atom stereocenters. The van der Waals surface area contributed by atoms with Gasteiger partial charge in [0.05, 0.1) is 10.6 Å². The Labute approximate surface area is 265 Å². The maximum absolute atomic E-state index is 14.3. The maximum atomic E-state index is 14.3. The lowest BCUT2D eigenvalue weighted by molar-refractivity contribution is -0.140. The Morgan fingerprint density at radius 1 is 0.930 bits per heavy atom. The third-order valence-corrected chi connectivity index (χ3v) is 10.2. The number of hydrogen-bond donors (Lipinski definition) is 1. The van der Waals surface area contributed by atoms with Crippen LogP contribution in [-0.4, -0.2) is 43.8 Å². The van der Waals surface area contributed by atoms with E-state index in [1.54, 1.807) is 48.5 Å². The van der Waals surface area contributed by atoms with Gasteiger partial charge in [-0.3, -0.25) is 13.9 Å². The maximum Gasteiger partial charge on any atom is 0.264 e. The molecule has 0 unspecified atom stereocenters. The minimum absolute atomic E-state index is 0.0114. The van der Waals surface area contributed by atoms with Crippen molar-refractivity contribution in [1.29, 1.82) is 0 Å². The molecule has 7 nitrogen and oxygen atoms in total. The Kier molecular flexibility index (Phi) is 11.2. The van der Waals surface area contributed by atoms with Crippen molar-refractivity contribution in [3.05, 3.63) is 93.5 Å². The van der Waals surface area contributed by atoms with Gasteiger partial charge in [-0.1, -0.05) is 79.7 Å². The molecule has 1 saturated carbocycles. The van der Waals surface area contributed by atoms with Crippen molar-refractivity contribution in [2.75, 3.05) is 10.8 Å². The molecule has 0 bridgehead atoms. The number of carbonyl (C=O) groups is 2. The summed E-state index contributed by atoms with van der Waals surface area (Å²) in [7, 11) is -4.14. The SMILES string of the molecule is CC[C@@H](C(=O)NC1CCCCC1)N(Cc1ccc(Cl)cc1Cl)C(=O)CN(c1cc(C)cc(C)c1)S(=O)(=O)c1ccccc1. The number of halogens is 2. The summed E-state index contributed by atoms with van der Waals surface area (Å²) < 4.78 is 29.2. The molecular weight excluding hydrogens is 605 g/mol. The van der Waals surface area contributed by atoms with E-state index in [1.807, 2.05) is 26.8 Å². The van der Waals surface area contributed by atoms with Crippen LogP contribution in [0.15, 0.2) is 71.6 Å². The van der Waals surface area contributed by atoms with Crippen LogP contribution in [0.5, 0.6) is 0 Å². The van der Waals surface area contributed by atoms with E-state index in [0.29, 0.717) is 27.7 Å². The van der Waals surface area contributed by atoms with Gasteiger partial charge in [0.2, 0.25) is 11.8 Å². The van der Waals surface area contributed by atoms with Crippen molar-refractivity contribution >= 4 is 50.7 Å². The monoisotopic (exact) mass is 643 g/mol. The van der Waals surface area contributed by atoms with Gasteiger partial charge in [0.25, 0.3) is 10.0 Å². The molecule has 0 spiro atoms. The molecule has 0 aliphatic heterocycles. The van der Waals surface area contributed by atoms with E-state index in [0.717, 1.165) is 47.5 Å². The van der Waals surface area contributed by atoms with Crippen molar-refractivity contribution in [2.24, 2.45) is 0 Å². The first-order valence-corrected chi connectivity index (χ1v) is 16.9. The lowest BCUT2D eigenvalue weighted by Crippen LogP contribution is -2.54. The summed E-state index contributed by atoms with van der Waals surface area (Å²) in [5, 5.41) is 3.96. The first-order valence-electron chi connectivity index (χ1n) is 14.7. The first-order chi connectivity index (χ1) is 20.5. The molecule has 0 radical (unpaired) electrons.